The lowest BCUT2D eigenvalue weighted by Gasteiger charge is -2.22. The molecule has 0 aliphatic rings. The number of hydrogen-bond donors (Lipinski definition) is 2. The third-order valence-corrected chi connectivity index (χ3v) is 5.68. The second-order valence-corrected chi connectivity index (χ2v) is 8.38. The molecule has 3 rings (SSSR count). The molecular formula is C24H24ClF2NO5. The first-order valence-corrected chi connectivity index (χ1v) is 10.8. The second-order valence-electron chi connectivity index (χ2n) is 7.97. The van der Waals surface area contributed by atoms with Crippen LogP contribution in [0.25, 0.3) is 10.9 Å². The summed E-state index contributed by atoms with van der Waals surface area (Å²) < 4.78 is 36.4. The van der Waals surface area contributed by atoms with E-state index < -0.39 is 34.6 Å². The lowest BCUT2D eigenvalue weighted by atomic mass is 9.99. The minimum absolute atomic E-state index is 0.0377. The van der Waals surface area contributed by atoms with Crippen molar-refractivity contribution in [3.63, 3.8) is 0 Å². The Bertz CT molecular complexity index is 1270. The number of carboxylic acids is 1. The molecule has 0 fully saturated rings. The van der Waals surface area contributed by atoms with Gasteiger partial charge in [0.2, 0.25) is 5.43 Å². The minimum atomic E-state index is -1.42. The molecule has 3 aromatic rings. The van der Waals surface area contributed by atoms with Gasteiger partial charge < -0.3 is 19.5 Å². The molecule has 0 aliphatic heterocycles. The number of ether oxygens (including phenoxy) is 1. The largest absolute Gasteiger partial charge is 0.491 e. The fourth-order valence-corrected chi connectivity index (χ4v) is 3.89. The van der Waals surface area contributed by atoms with Crippen molar-refractivity contribution < 1.29 is 28.5 Å². The molecule has 0 spiro atoms. The molecule has 2 aromatic carbocycles. The van der Waals surface area contributed by atoms with E-state index in [0.717, 1.165) is 12.1 Å². The SMILES string of the molecule is CC[C@@H](CO)n1cc(C(=O)O)c(=O)c2cc(Cc3c(F)ccc(Cl)c3F)c(OC(C)C)cc21. The topological polar surface area (TPSA) is 88.8 Å². The molecule has 176 valence electrons. The van der Waals surface area contributed by atoms with Crippen molar-refractivity contribution in [2.75, 3.05) is 6.61 Å². The minimum Gasteiger partial charge on any atom is -0.491 e. The first-order valence-electron chi connectivity index (χ1n) is 10.4. The van der Waals surface area contributed by atoms with Gasteiger partial charge in [0.15, 0.2) is 0 Å². The van der Waals surface area contributed by atoms with Gasteiger partial charge >= 0.3 is 5.97 Å². The first-order chi connectivity index (χ1) is 15.6. The quantitative estimate of drug-likeness (QED) is 0.446. The molecule has 0 bridgehead atoms. The van der Waals surface area contributed by atoms with E-state index in [9.17, 15) is 28.6 Å². The highest BCUT2D eigenvalue weighted by Crippen LogP contribution is 2.32. The summed E-state index contributed by atoms with van der Waals surface area (Å²) in [4.78, 5) is 24.7. The zero-order chi connectivity index (χ0) is 24.4. The summed E-state index contributed by atoms with van der Waals surface area (Å²) in [5.74, 6) is -2.87. The van der Waals surface area contributed by atoms with Gasteiger partial charge in [-0.3, -0.25) is 4.79 Å². The van der Waals surface area contributed by atoms with Crippen LogP contribution < -0.4 is 10.2 Å². The monoisotopic (exact) mass is 479 g/mol. The number of fused-ring (bicyclic) bond motifs is 1. The standard InChI is InChI=1S/C24H24ClF2NO5/c1-4-14(11-29)28-10-17(24(31)32)23(30)16-8-13(21(9-20(16)28)33-12(2)3)7-15-19(26)6-5-18(25)22(15)27/h5-6,8-10,12,14,29H,4,7,11H2,1-3H3,(H,31,32)/t14-/m0/s1. The zero-order valence-corrected chi connectivity index (χ0v) is 19.1. The predicted octanol–water partition coefficient (Wildman–Crippen LogP) is 4.95. The van der Waals surface area contributed by atoms with Crippen LogP contribution >= 0.6 is 11.6 Å². The molecule has 0 aliphatic carbocycles. The van der Waals surface area contributed by atoms with Gasteiger partial charge in [-0.2, -0.15) is 0 Å². The second kappa shape index (κ2) is 9.89. The highest BCUT2D eigenvalue weighted by atomic mass is 35.5. The Morgan fingerprint density at radius 1 is 1.24 bits per heavy atom. The van der Waals surface area contributed by atoms with Crippen molar-refractivity contribution in [1.82, 2.24) is 4.57 Å². The molecule has 0 unspecified atom stereocenters. The Balaban J connectivity index is 2.36. The predicted molar refractivity (Wildman–Crippen MR) is 122 cm³/mol. The Hall–Kier alpha value is -2.97. The fraction of sp³-hybridized carbons (Fsp3) is 0.333. The molecule has 0 saturated carbocycles. The maximum Gasteiger partial charge on any atom is 0.341 e. The Morgan fingerprint density at radius 2 is 1.94 bits per heavy atom. The molecule has 6 nitrogen and oxygen atoms in total. The molecule has 1 atom stereocenters. The number of rotatable bonds is 8. The summed E-state index contributed by atoms with van der Waals surface area (Å²) in [5, 5.41) is 19.1. The summed E-state index contributed by atoms with van der Waals surface area (Å²) in [5.41, 5.74) is -0.882. The molecule has 0 amide bonds. The van der Waals surface area contributed by atoms with Gasteiger partial charge in [-0.15, -0.1) is 0 Å². The van der Waals surface area contributed by atoms with Gasteiger partial charge in [0, 0.05) is 29.6 Å². The number of benzene rings is 2. The van der Waals surface area contributed by atoms with Gasteiger partial charge in [-0.25, -0.2) is 13.6 Å². The van der Waals surface area contributed by atoms with E-state index in [0.29, 0.717) is 17.5 Å². The van der Waals surface area contributed by atoms with Crippen molar-refractivity contribution >= 4 is 28.5 Å². The zero-order valence-electron chi connectivity index (χ0n) is 18.4. The first kappa shape index (κ1) is 24.7. The summed E-state index contributed by atoms with van der Waals surface area (Å²) in [7, 11) is 0. The maximum absolute atomic E-state index is 14.6. The number of aliphatic hydroxyl groups excluding tert-OH is 1. The number of carbonyl (C=O) groups is 1. The summed E-state index contributed by atoms with van der Waals surface area (Å²) in [6.45, 7) is 5.08. The molecule has 33 heavy (non-hydrogen) atoms. The van der Waals surface area contributed by atoms with E-state index in [1.807, 2.05) is 6.92 Å². The van der Waals surface area contributed by atoms with Crippen LogP contribution in [-0.2, 0) is 6.42 Å². The van der Waals surface area contributed by atoms with Crippen LogP contribution in [0.3, 0.4) is 0 Å². The number of aliphatic hydroxyl groups is 1. The molecule has 1 aromatic heterocycles. The van der Waals surface area contributed by atoms with Crippen LogP contribution in [0.1, 0.15) is 54.7 Å². The van der Waals surface area contributed by atoms with Crippen LogP contribution in [-0.4, -0.2) is 33.5 Å². The normalized spacial score (nSPS) is 12.4. The van der Waals surface area contributed by atoms with Crippen molar-refractivity contribution in [3.8, 4) is 5.75 Å². The maximum atomic E-state index is 14.6. The van der Waals surface area contributed by atoms with Crippen molar-refractivity contribution in [3.05, 3.63) is 74.0 Å². The smallest absolute Gasteiger partial charge is 0.341 e. The fourth-order valence-electron chi connectivity index (χ4n) is 3.71. The summed E-state index contributed by atoms with van der Waals surface area (Å²) in [6, 6.07) is 4.59. The summed E-state index contributed by atoms with van der Waals surface area (Å²) >= 11 is 5.82. The van der Waals surface area contributed by atoms with E-state index in [1.54, 1.807) is 13.8 Å². The average molecular weight is 480 g/mol. The summed E-state index contributed by atoms with van der Waals surface area (Å²) in [6.07, 6.45) is 1.10. The molecule has 9 heteroatoms. The number of halogens is 3. The number of hydrogen-bond acceptors (Lipinski definition) is 4. The van der Waals surface area contributed by atoms with Gasteiger partial charge in [-0.1, -0.05) is 18.5 Å². The molecule has 0 saturated heterocycles. The van der Waals surface area contributed by atoms with E-state index in [-0.39, 0.29) is 40.9 Å². The van der Waals surface area contributed by atoms with Crippen LogP contribution in [0, 0.1) is 11.6 Å². The van der Waals surface area contributed by atoms with E-state index in [4.69, 9.17) is 16.3 Å². The van der Waals surface area contributed by atoms with Crippen molar-refractivity contribution in [1.29, 1.82) is 0 Å². The lowest BCUT2D eigenvalue weighted by Crippen LogP contribution is -2.23. The van der Waals surface area contributed by atoms with E-state index >= 15 is 0 Å². The number of nitrogens with zero attached hydrogens (tertiary/aromatic N) is 1. The number of aromatic carboxylic acids is 1. The van der Waals surface area contributed by atoms with Gasteiger partial charge in [0.05, 0.1) is 29.3 Å². The molecule has 2 N–H and O–H groups in total. The van der Waals surface area contributed by atoms with E-state index in [1.165, 1.54) is 22.9 Å². The van der Waals surface area contributed by atoms with Crippen molar-refractivity contribution in [2.45, 2.75) is 45.8 Å². The highest BCUT2D eigenvalue weighted by molar-refractivity contribution is 6.30. The molecule has 1 heterocycles. The van der Waals surface area contributed by atoms with Gasteiger partial charge in [0.1, 0.15) is 22.9 Å². The number of pyridine rings is 1. The Labute approximate surface area is 194 Å². The highest BCUT2D eigenvalue weighted by Gasteiger charge is 2.22. The van der Waals surface area contributed by atoms with Gasteiger partial charge in [0.25, 0.3) is 0 Å². The van der Waals surface area contributed by atoms with Crippen LogP contribution in [0.5, 0.6) is 5.75 Å². The molecular weight excluding hydrogens is 456 g/mol. The Morgan fingerprint density at radius 3 is 2.52 bits per heavy atom. The average Bonchev–Trinajstić information content (AvgIpc) is 2.76. The lowest BCUT2D eigenvalue weighted by molar-refractivity contribution is 0.0694. The van der Waals surface area contributed by atoms with Crippen LogP contribution in [0.4, 0.5) is 8.78 Å². The molecule has 0 radical (unpaired) electrons. The van der Waals surface area contributed by atoms with Gasteiger partial charge in [-0.05, 0) is 44.0 Å². The number of carboxylic acid groups (broad SMARTS) is 1. The van der Waals surface area contributed by atoms with Crippen LogP contribution in [0.2, 0.25) is 5.02 Å². The third-order valence-electron chi connectivity index (χ3n) is 5.39. The van der Waals surface area contributed by atoms with Crippen molar-refractivity contribution in [2.24, 2.45) is 0 Å². The van der Waals surface area contributed by atoms with E-state index in [2.05, 4.69) is 0 Å². The number of aromatic nitrogens is 1. The third kappa shape index (κ3) is 4.86. The Kier molecular flexibility index (Phi) is 7.39. The van der Waals surface area contributed by atoms with Crippen LogP contribution in [0.15, 0.2) is 35.3 Å².